The van der Waals surface area contributed by atoms with E-state index in [2.05, 4.69) is 0 Å². The maximum atomic E-state index is 12.4. The minimum atomic E-state index is -1.13. The van der Waals surface area contributed by atoms with Crippen LogP contribution in [0, 0.1) is 16.7 Å². The van der Waals surface area contributed by atoms with Gasteiger partial charge in [0.05, 0.1) is 18.8 Å². The summed E-state index contributed by atoms with van der Waals surface area (Å²) in [6.07, 6.45) is -1.50. The third kappa shape index (κ3) is 2.80. The van der Waals surface area contributed by atoms with E-state index in [-0.39, 0.29) is 18.5 Å². The number of hydrogen-bond donors (Lipinski definition) is 2. The summed E-state index contributed by atoms with van der Waals surface area (Å²) >= 11 is 0. The lowest BCUT2D eigenvalue weighted by Gasteiger charge is -2.58. The number of epoxide rings is 1. The molecule has 2 aliphatic heterocycles. The Morgan fingerprint density at radius 3 is 2.57 bits per heavy atom. The molecule has 0 aromatic carbocycles. The minimum Gasteiger partial charge on any atom is -0.465 e. The zero-order valence-electron chi connectivity index (χ0n) is 18.2. The molecule has 4 aliphatic rings. The third-order valence-electron chi connectivity index (χ3n) is 7.74. The van der Waals surface area contributed by atoms with E-state index < -0.39 is 52.9 Å². The van der Waals surface area contributed by atoms with Gasteiger partial charge in [0, 0.05) is 30.6 Å². The molecule has 30 heavy (non-hydrogen) atoms. The van der Waals surface area contributed by atoms with E-state index in [4.69, 9.17) is 18.9 Å². The SMILES string of the molecule is CC(=O)OC[C@]12C[C@H](OC(=O)CC(C)C)C(C)=CC1OC1[C@H](O)[C@@H](O)C2(C)C12CO2. The second-order valence-corrected chi connectivity index (χ2v) is 9.92. The number of ether oxygens (including phenoxy) is 4. The highest BCUT2D eigenvalue weighted by molar-refractivity contribution is 5.70. The number of aliphatic hydroxyl groups excluding tert-OH is 2. The summed E-state index contributed by atoms with van der Waals surface area (Å²) in [4.78, 5) is 24.1. The minimum absolute atomic E-state index is 0.0346. The number of carbonyl (C=O) groups is 2. The fourth-order valence-corrected chi connectivity index (χ4v) is 5.92. The van der Waals surface area contributed by atoms with Crippen molar-refractivity contribution < 1.29 is 38.7 Å². The first-order chi connectivity index (χ1) is 14.0. The number of rotatable bonds is 5. The molecule has 168 valence electrons. The molecule has 0 aromatic heterocycles. The van der Waals surface area contributed by atoms with Gasteiger partial charge in [-0.3, -0.25) is 9.59 Å². The smallest absolute Gasteiger partial charge is 0.306 e. The summed E-state index contributed by atoms with van der Waals surface area (Å²) in [5.41, 5.74) is -1.89. The van der Waals surface area contributed by atoms with Gasteiger partial charge in [-0.05, 0) is 18.4 Å². The molecule has 8 nitrogen and oxygen atoms in total. The number of esters is 2. The topological polar surface area (TPSA) is 115 Å². The molecule has 0 radical (unpaired) electrons. The van der Waals surface area contributed by atoms with Gasteiger partial charge in [-0.1, -0.05) is 26.8 Å². The first-order valence-electron chi connectivity index (χ1n) is 10.7. The van der Waals surface area contributed by atoms with Crippen LogP contribution in [0.25, 0.3) is 0 Å². The number of hydrogen-bond acceptors (Lipinski definition) is 8. The number of fused-ring (bicyclic) bond motifs is 2. The van der Waals surface area contributed by atoms with Crippen LogP contribution in [-0.2, 0) is 28.5 Å². The van der Waals surface area contributed by atoms with Crippen LogP contribution >= 0.6 is 0 Å². The molecule has 3 fully saturated rings. The van der Waals surface area contributed by atoms with Gasteiger partial charge in [0.2, 0.25) is 0 Å². The molecule has 8 atom stereocenters. The van der Waals surface area contributed by atoms with Crippen molar-refractivity contribution in [3.63, 3.8) is 0 Å². The van der Waals surface area contributed by atoms with Crippen LogP contribution in [0.3, 0.4) is 0 Å². The van der Waals surface area contributed by atoms with Gasteiger partial charge in [-0.25, -0.2) is 0 Å². The average Bonchev–Trinajstić information content (AvgIpc) is 3.43. The van der Waals surface area contributed by atoms with E-state index in [1.165, 1.54) is 6.92 Å². The summed E-state index contributed by atoms with van der Waals surface area (Å²) in [6, 6.07) is 0. The van der Waals surface area contributed by atoms with E-state index in [1.54, 1.807) is 0 Å². The van der Waals surface area contributed by atoms with Gasteiger partial charge >= 0.3 is 11.9 Å². The molecule has 8 heteroatoms. The molecule has 2 bridgehead atoms. The quantitative estimate of drug-likeness (QED) is 0.383. The predicted octanol–water partition coefficient (Wildman–Crippen LogP) is 1.12. The summed E-state index contributed by atoms with van der Waals surface area (Å²) < 4.78 is 23.4. The van der Waals surface area contributed by atoms with Crippen LogP contribution in [0.15, 0.2) is 11.6 Å². The van der Waals surface area contributed by atoms with E-state index in [1.807, 2.05) is 33.8 Å². The molecule has 0 aromatic rings. The Morgan fingerprint density at radius 1 is 1.33 bits per heavy atom. The van der Waals surface area contributed by atoms with Crippen LogP contribution in [0.5, 0.6) is 0 Å². The Morgan fingerprint density at radius 2 is 2.00 bits per heavy atom. The largest absolute Gasteiger partial charge is 0.465 e. The molecule has 2 heterocycles. The number of aliphatic hydroxyl groups is 2. The fraction of sp³-hybridized carbons (Fsp3) is 0.818. The molecule has 2 N–H and O–H groups in total. The highest BCUT2D eigenvalue weighted by Crippen LogP contribution is 2.71. The molecular weight excluding hydrogens is 392 g/mol. The standard InChI is InChI=1S/C22H32O8/c1-11(2)6-16(24)29-14-8-21(9-27-13(4)23)15(7-12(14)3)30-19-17(25)18(26)20(21,5)22(19)10-28-22/h7,11,14-15,17-19,25-26H,6,8-10H2,1-5H3/t14-,15?,17+,18+,19?,20?,21+,22?/m0/s1. The Balaban J connectivity index is 1.75. The van der Waals surface area contributed by atoms with Gasteiger partial charge < -0.3 is 29.2 Å². The van der Waals surface area contributed by atoms with Crippen LogP contribution < -0.4 is 0 Å². The molecule has 1 spiro atoms. The van der Waals surface area contributed by atoms with E-state index >= 15 is 0 Å². The van der Waals surface area contributed by atoms with Crippen molar-refractivity contribution >= 4 is 11.9 Å². The lowest BCUT2D eigenvalue weighted by Crippen LogP contribution is -2.67. The Bertz CT molecular complexity index is 771. The third-order valence-corrected chi connectivity index (χ3v) is 7.74. The maximum Gasteiger partial charge on any atom is 0.306 e. The lowest BCUT2D eigenvalue weighted by molar-refractivity contribution is -0.239. The van der Waals surface area contributed by atoms with Crippen molar-refractivity contribution in [2.24, 2.45) is 16.7 Å². The second-order valence-electron chi connectivity index (χ2n) is 9.92. The monoisotopic (exact) mass is 424 g/mol. The van der Waals surface area contributed by atoms with Crippen molar-refractivity contribution in [1.29, 1.82) is 0 Å². The van der Waals surface area contributed by atoms with Crippen LogP contribution in [0.4, 0.5) is 0 Å². The molecule has 2 saturated heterocycles. The molecule has 4 unspecified atom stereocenters. The van der Waals surface area contributed by atoms with Crippen molar-refractivity contribution in [2.45, 2.75) is 83.6 Å². The van der Waals surface area contributed by atoms with Crippen molar-refractivity contribution in [3.8, 4) is 0 Å². The van der Waals surface area contributed by atoms with Gasteiger partial charge in [-0.2, -0.15) is 0 Å². The molecule has 0 amide bonds. The summed E-state index contributed by atoms with van der Waals surface area (Å²) in [5.74, 6) is -0.584. The first-order valence-corrected chi connectivity index (χ1v) is 10.7. The summed E-state index contributed by atoms with van der Waals surface area (Å²) in [6.45, 7) is 9.28. The number of carbonyl (C=O) groups excluding carboxylic acids is 2. The maximum absolute atomic E-state index is 12.4. The average molecular weight is 424 g/mol. The second kappa shape index (κ2) is 7.02. The Labute approximate surface area is 176 Å². The van der Waals surface area contributed by atoms with Gasteiger partial charge in [0.15, 0.2) is 0 Å². The first kappa shape index (κ1) is 21.7. The normalized spacial score (nSPS) is 46.4. The zero-order chi connectivity index (χ0) is 22.1. The van der Waals surface area contributed by atoms with E-state index in [0.717, 1.165) is 5.57 Å². The van der Waals surface area contributed by atoms with Crippen LogP contribution in [0.2, 0.25) is 0 Å². The van der Waals surface area contributed by atoms with Crippen molar-refractivity contribution in [2.75, 3.05) is 13.2 Å². The molecule has 2 aliphatic carbocycles. The van der Waals surface area contributed by atoms with Gasteiger partial charge in [-0.15, -0.1) is 0 Å². The van der Waals surface area contributed by atoms with E-state index in [9.17, 15) is 19.8 Å². The molecular formula is C22H32O8. The Hall–Kier alpha value is -1.48. The van der Waals surface area contributed by atoms with Gasteiger partial charge in [0.25, 0.3) is 0 Å². The fourth-order valence-electron chi connectivity index (χ4n) is 5.92. The Kier molecular flexibility index (Phi) is 5.09. The van der Waals surface area contributed by atoms with Crippen LogP contribution in [0.1, 0.15) is 47.5 Å². The predicted molar refractivity (Wildman–Crippen MR) is 104 cm³/mol. The van der Waals surface area contributed by atoms with Crippen molar-refractivity contribution in [3.05, 3.63) is 11.6 Å². The van der Waals surface area contributed by atoms with Gasteiger partial charge in [0.1, 0.15) is 30.5 Å². The highest BCUT2D eigenvalue weighted by atomic mass is 16.6. The van der Waals surface area contributed by atoms with Crippen molar-refractivity contribution in [1.82, 2.24) is 0 Å². The molecule has 1 saturated carbocycles. The van der Waals surface area contributed by atoms with E-state index in [0.29, 0.717) is 19.4 Å². The van der Waals surface area contributed by atoms with Crippen LogP contribution in [-0.4, -0.2) is 71.5 Å². The summed E-state index contributed by atoms with van der Waals surface area (Å²) in [7, 11) is 0. The lowest BCUT2D eigenvalue weighted by atomic mass is 9.51. The highest BCUT2D eigenvalue weighted by Gasteiger charge is 2.85. The zero-order valence-corrected chi connectivity index (χ0v) is 18.2. The summed E-state index contributed by atoms with van der Waals surface area (Å²) in [5, 5.41) is 21.9. The molecule has 4 rings (SSSR count).